The summed E-state index contributed by atoms with van der Waals surface area (Å²) in [4.78, 5) is 2.59. The highest BCUT2D eigenvalue weighted by atomic mass is 16.5. The number of ether oxygens (including phenoxy) is 1. The molecule has 0 atom stereocenters. The Morgan fingerprint density at radius 1 is 1.09 bits per heavy atom. The van der Waals surface area contributed by atoms with Crippen molar-refractivity contribution in [3.05, 3.63) is 23.8 Å². The second kappa shape index (κ2) is 9.73. The fourth-order valence-corrected chi connectivity index (χ4v) is 2.84. The number of rotatable bonds is 10. The third-order valence-corrected chi connectivity index (χ3v) is 3.56. The van der Waals surface area contributed by atoms with Crippen molar-refractivity contribution < 1.29 is 4.74 Å². The highest BCUT2D eigenvalue weighted by Gasteiger charge is 2.09. The van der Waals surface area contributed by atoms with Crippen molar-refractivity contribution in [3.8, 4) is 5.75 Å². The van der Waals surface area contributed by atoms with Crippen molar-refractivity contribution in [1.82, 2.24) is 4.90 Å². The predicted octanol–water partition coefficient (Wildman–Crippen LogP) is 4.21. The standard InChI is InChI=1S/C19H34N2O/c1-6-22-19-10-9-17(12-18(19)20)8-7-11-21(13-15(2)3)14-16(4)5/h9-10,12,15-16H,6-8,11,13-14,20H2,1-5H3. The Morgan fingerprint density at radius 3 is 2.23 bits per heavy atom. The van der Waals surface area contributed by atoms with Crippen LogP contribution in [-0.2, 0) is 6.42 Å². The van der Waals surface area contributed by atoms with E-state index >= 15 is 0 Å². The Balaban J connectivity index is 2.48. The minimum Gasteiger partial charge on any atom is -0.492 e. The molecular weight excluding hydrogens is 272 g/mol. The van der Waals surface area contributed by atoms with Crippen LogP contribution >= 0.6 is 0 Å². The number of benzene rings is 1. The molecule has 0 saturated heterocycles. The maximum atomic E-state index is 6.04. The first-order valence-corrected chi connectivity index (χ1v) is 8.65. The van der Waals surface area contributed by atoms with E-state index in [1.807, 2.05) is 13.0 Å². The second-order valence-electron chi connectivity index (χ2n) is 6.96. The van der Waals surface area contributed by atoms with Crippen molar-refractivity contribution >= 4 is 5.69 Å². The molecule has 0 bridgehead atoms. The van der Waals surface area contributed by atoms with E-state index in [-0.39, 0.29) is 0 Å². The van der Waals surface area contributed by atoms with Gasteiger partial charge in [0.25, 0.3) is 0 Å². The molecular formula is C19H34N2O. The largest absolute Gasteiger partial charge is 0.492 e. The van der Waals surface area contributed by atoms with E-state index in [0.717, 1.165) is 36.2 Å². The van der Waals surface area contributed by atoms with Crippen LogP contribution in [0.3, 0.4) is 0 Å². The van der Waals surface area contributed by atoms with Crippen molar-refractivity contribution in [1.29, 1.82) is 0 Å². The summed E-state index contributed by atoms with van der Waals surface area (Å²) < 4.78 is 5.49. The molecule has 0 heterocycles. The molecule has 0 aromatic heterocycles. The van der Waals surface area contributed by atoms with Crippen molar-refractivity contribution in [2.45, 2.75) is 47.5 Å². The van der Waals surface area contributed by atoms with Crippen LogP contribution in [0.2, 0.25) is 0 Å². The Bertz CT molecular complexity index is 419. The molecule has 0 aliphatic carbocycles. The minimum atomic E-state index is 0.656. The molecule has 0 aliphatic heterocycles. The lowest BCUT2D eigenvalue weighted by Gasteiger charge is -2.26. The summed E-state index contributed by atoms with van der Waals surface area (Å²) in [5, 5.41) is 0. The summed E-state index contributed by atoms with van der Waals surface area (Å²) in [6, 6.07) is 6.19. The van der Waals surface area contributed by atoms with Gasteiger partial charge in [-0.2, -0.15) is 0 Å². The SMILES string of the molecule is CCOc1ccc(CCCN(CC(C)C)CC(C)C)cc1N. The number of nitrogens with zero attached hydrogens (tertiary/aromatic N) is 1. The number of nitrogens with two attached hydrogens (primary N) is 1. The average Bonchev–Trinajstić information content (AvgIpc) is 2.40. The van der Waals surface area contributed by atoms with Crippen molar-refractivity contribution in [2.24, 2.45) is 11.8 Å². The summed E-state index contributed by atoms with van der Waals surface area (Å²) in [6.07, 6.45) is 2.25. The lowest BCUT2D eigenvalue weighted by atomic mass is 10.1. The number of nitrogen functional groups attached to an aromatic ring is 1. The maximum Gasteiger partial charge on any atom is 0.142 e. The second-order valence-corrected chi connectivity index (χ2v) is 6.96. The van der Waals surface area contributed by atoms with Gasteiger partial charge in [-0.25, -0.2) is 0 Å². The maximum absolute atomic E-state index is 6.04. The molecule has 0 aliphatic rings. The van der Waals surface area contributed by atoms with Crippen LogP contribution in [-0.4, -0.2) is 31.1 Å². The van der Waals surface area contributed by atoms with E-state index in [1.54, 1.807) is 0 Å². The summed E-state index contributed by atoms with van der Waals surface area (Å²) in [6.45, 7) is 15.3. The molecule has 0 amide bonds. The summed E-state index contributed by atoms with van der Waals surface area (Å²) in [5.74, 6) is 2.24. The van der Waals surface area contributed by atoms with Crippen LogP contribution in [0.25, 0.3) is 0 Å². The number of aryl methyl sites for hydroxylation is 1. The van der Waals surface area contributed by atoms with Gasteiger partial charge in [0.15, 0.2) is 0 Å². The van der Waals surface area contributed by atoms with Gasteiger partial charge >= 0.3 is 0 Å². The Labute approximate surface area is 136 Å². The number of hydrogen-bond acceptors (Lipinski definition) is 3. The normalized spacial score (nSPS) is 11.6. The van der Waals surface area contributed by atoms with Gasteiger partial charge in [-0.3, -0.25) is 0 Å². The molecule has 2 N–H and O–H groups in total. The Kier molecular flexibility index (Phi) is 8.32. The number of hydrogen-bond donors (Lipinski definition) is 1. The van der Waals surface area contributed by atoms with Crippen LogP contribution in [0.4, 0.5) is 5.69 Å². The van der Waals surface area contributed by atoms with Gasteiger partial charge < -0.3 is 15.4 Å². The van der Waals surface area contributed by atoms with Gasteiger partial charge in [0.2, 0.25) is 0 Å². The summed E-state index contributed by atoms with van der Waals surface area (Å²) in [5.41, 5.74) is 8.09. The fourth-order valence-electron chi connectivity index (χ4n) is 2.84. The topological polar surface area (TPSA) is 38.5 Å². The van der Waals surface area contributed by atoms with E-state index < -0.39 is 0 Å². The lowest BCUT2D eigenvalue weighted by molar-refractivity contribution is 0.217. The molecule has 22 heavy (non-hydrogen) atoms. The van der Waals surface area contributed by atoms with Gasteiger partial charge in [-0.05, 0) is 55.8 Å². The van der Waals surface area contributed by atoms with Crippen LogP contribution in [0.1, 0.15) is 46.6 Å². The van der Waals surface area contributed by atoms with Gasteiger partial charge in [0, 0.05) is 13.1 Å². The van der Waals surface area contributed by atoms with Crippen LogP contribution in [0.15, 0.2) is 18.2 Å². The van der Waals surface area contributed by atoms with Gasteiger partial charge in [0.1, 0.15) is 5.75 Å². The summed E-state index contributed by atoms with van der Waals surface area (Å²) in [7, 11) is 0. The van der Waals surface area contributed by atoms with E-state index in [2.05, 4.69) is 44.7 Å². The first-order valence-electron chi connectivity index (χ1n) is 8.65. The fraction of sp³-hybridized carbons (Fsp3) is 0.684. The molecule has 1 rings (SSSR count). The van der Waals surface area contributed by atoms with Gasteiger partial charge in [-0.15, -0.1) is 0 Å². The zero-order chi connectivity index (χ0) is 16.5. The first-order chi connectivity index (χ1) is 10.4. The molecule has 0 spiro atoms. The highest BCUT2D eigenvalue weighted by molar-refractivity contribution is 5.54. The van der Waals surface area contributed by atoms with E-state index in [0.29, 0.717) is 6.61 Å². The van der Waals surface area contributed by atoms with Crippen LogP contribution < -0.4 is 10.5 Å². The van der Waals surface area contributed by atoms with Gasteiger partial charge in [0.05, 0.1) is 12.3 Å². The molecule has 3 nitrogen and oxygen atoms in total. The van der Waals surface area contributed by atoms with Gasteiger partial charge in [-0.1, -0.05) is 33.8 Å². The monoisotopic (exact) mass is 306 g/mol. The third kappa shape index (κ3) is 7.17. The zero-order valence-corrected chi connectivity index (χ0v) is 15.1. The van der Waals surface area contributed by atoms with Crippen LogP contribution in [0.5, 0.6) is 5.75 Å². The quantitative estimate of drug-likeness (QED) is 0.658. The molecule has 3 heteroatoms. The molecule has 0 fully saturated rings. The molecule has 1 aromatic rings. The minimum absolute atomic E-state index is 0.656. The zero-order valence-electron chi connectivity index (χ0n) is 15.1. The highest BCUT2D eigenvalue weighted by Crippen LogP contribution is 2.23. The molecule has 0 unspecified atom stereocenters. The Hall–Kier alpha value is -1.22. The molecule has 1 aromatic carbocycles. The smallest absolute Gasteiger partial charge is 0.142 e. The first kappa shape index (κ1) is 18.8. The predicted molar refractivity (Wildman–Crippen MR) is 96.5 cm³/mol. The molecule has 0 radical (unpaired) electrons. The lowest BCUT2D eigenvalue weighted by Crippen LogP contribution is -2.32. The van der Waals surface area contributed by atoms with Crippen molar-refractivity contribution in [2.75, 3.05) is 32.0 Å². The third-order valence-electron chi connectivity index (χ3n) is 3.56. The average molecular weight is 306 g/mol. The molecule has 0 saturated carbocycles. The van der Waals surface area contributed by atoms with Crippen molar-refractivity contribution in [3.63, 3.8) is 0 Å². The summed E-state index contributed by atoms with van der Waals surface area (Å²) >= 11 is 0. The van der Waals surface area contributed by atoms with E-state index in [1.165, 1.54) is 25.1 Å². The number of anilines is 1. The van der Waals surface area contributed by atoms with Crippen LogP contribution in [0, 0.1) is 11.8 Å². The molecule has 126 valence electrons. The van der Waals surface area contributed by atoms with E-state index in [4.69, 9.17) is 10.5 Å². The Morgan fingerprint density at radius 2 is 1.73 bits per heavy atom. The van der Waals surface area contributed by atoms with E-state index in [9.17, 15) is 0 Å².